The molecule has 0 spiro atoms. The van der Waals surface area contributed by atoms with Crippen molar-refractivity contribution in [2.75, 3.05) is 12.4 Å². The number of nitrogens with one attached hydrogen (secondary N) is 1. The largest absolute Gasteiger partial charge is 0.493 e. The molecule has 0 unspecified atom stereocenters. The second kappa shape index (κ2) is 9.16. The molecule has 0 aliphatic heterocycles. The smallest absolute Gasteiger partial charge is 0.167 e. The first-order valence-electron chi connectivity index (χ1n) is 9.32. The van der Waals surface area contributed by atoms with Gasteiger partial charge in [-0.2, -0.15) is 0 Å². The van der Waals surface area contributed by atoms with Crippen LogP contribution in [0.1, 0.15) is 27.8 Å². The van der Waals surface area contributed by atoms with Gasteiger partial charge in [0.1, 0.15) is 6.61 Å². The summed E-state index contributed by atoms with van der Waals surface area (Å²) in [5, 5.41) is 3.50. The molecule has 0 saturated carbocycles. The predicted molar refractivity (Wildman–Crippen MR) is 119 cm³/mol. The number of aryl methyl sites for hydroxylation is 3. The summed E-state index contributed by atoms with van der Waals surface area (Å²) in [6, 6.07) is 18.7. The Bertz CT molecular complexity index is 952. The van der Waals surface area contributed by atoms with Crippen molar-refractivity contribution >= 4 is 21.6 Å². The summed E-state index contributed by atoms with van der Waals surface area (Å²) in [6.45, 7) is 7.44. The molecule has 28 heavy (non-hydrogen) atoms. The Hall–Kier alpha value is -2.46. The van der Waals surface area contributed by atoms with E-state index in [9.17, 15) is 0 Å². The Morgan fingerprint density at radius 1 is 0.893 bits per heavy atom. The highest BCUT2D eigenvalue weighted by atomic mass is 79.9. The summed E-state index contributed by atoms with van der Waals surface area (Å²) >= 11 is 3.67. The number of benzene rings is 3. The Morgan fingerprint density at radius 2 is 1.64 bits per heavy atom. The molecule has 3 aromatic carbocycles. The summed E-state index contributed by atoms with van der Waals surface area (Å²) in [5.74, 6) is 1.49. The van der Waals surface area contributed by atoms with Gasteiger partial charge in [0.15, 0.2) is 11.5 Å². The van der Waals surface area contributed by atoms with Crippen LogP contribution in [0.4, 0.5) is 5.69 Å². The summed E-state index contributed by atoms with van der Waals surface area (Å²) in [5.41, 5.74) is 7.04. The third kappa shape index (κ3) is 4.87. The van der Waals surface area contributed by atoms with Crippen molar-refractivity contribution in [1.82, 2.24) is 0 Å². The molecular weight excluding hydrogens is 414 g/mol. The Labute approximate surface area is 175 Å². The van der Waals surface area contributed by atoms with Crippen molar-refractivity contribution in [3.8, 4) is 11.5 Å². The van der Waals surface area contributed by atoms with Gasteiger partial charge in [-0.1, -0.05) is 51.8 Å². The van der Waals surface area contributed by atoms with Crippen LogP contribution in [0.15, 0.2) is 59.1 Å². The van der Waals surface area contributed by atoms with Crippen LogP contribution in [0, 0.1) is 20.8 Å². The lowest BCUT2D eigenvalue weighted by Crippen LogP contribution is -2.06. The lowest BCUT2D eigenvalue weighted by molar-refractivity contribution is 0.281. The van der Waals surface area contributed by atoms with E-state index in [1.54, 1.807) is 7.11 Å². The van der Waals surface area contributed by atoms with Gasteiger partial charge in [0.25, 0.3) is 0 Å². The Kier molecular flexibility index (Phi) is 6.63. The predicted octanol–water partition coefficient (Wildman–Crippen LogP) is 6.57. The summed E-state index contributed by atoms with van der Waals surface area (Å²) in [4.78, 5) is 0. The van der Waals surface area contributed by atoms with Gasteiger partial charge in [0, 0.05) is 22.3 Å². The third-order valence-corrected chi connectivity index (χ3v) is 5.61. The molecule has 0 radical (unpaired) electrons. The first-order chi connectivity index (χ1) is 13.5. The lowest BCUT2D eigenvalue weighted by atomic mass is 10.1. The number of hydrogen-bond acceptors (Lipinski definition) is 3. The molecule has 0 aromatic heterocycles. The lowest BCUT2D eigenvalue weighted by Gasteiger charge is -2.18. The standard InChI is InChI=1S/C24H26BrNO2/c1-16-5-8-19(9-6-16)15-28-24-21(22(25)11-12-23(24)27-4)14-26-20-10-7-17(2)18(3)13-20/h5-13,26H,14-15H2,1-4H3. The highest BCUT2D eigenvalue weighted by molar-refractivity contribution is 9.10. The Morgan fingerprint density at radius 3 is 2.32 bits per heavy atom. The molecule has 0 saturated heterocycles. The molecule has 0 atom stereocenters. The molecular formula is C24H26BrNO2. The van der Waals surface area contributed by atoms with E-state index in [-0.39, 0.29) is 0 Å². The first kappa shape index (κ1) is 20.3. The van der Waals surface area contributed by atoms with E-state index in [1.807, 2.05) is 12.1 Å². The zero-order valence-electron chi connectivity index (χ0n) is 16.8. The molecule has 1 N–H and O–H groups in total. The summed E-state index contributed by atoms with van der Waals surface area (Å²) < 4.78 is 12.8. The van der Waals surface area contributed by atoms with Crippen LogP contribution in [0.25, 0.3) is 0 Å². The van der Waals surface area contributed by atoms with Crippen LogP contribution >= 0.6 is 15.9 Å². The van der Waals surface area contributed by atoms with Gasteiger partial charge in [-0.25, -0.2) is 0 Å². The number of rotatable bonds is 7. The number of hydrogen-bond donors (Lipinski definition) is 1. The second-order valence-electron chi connectivity index (χ2n) is 6.98. The molecule has 146 valence electrons. The maximum absolute atomic E-state index is 6.20. The highest BCUT2D eigenvalue weighted by Gasteiger charge is 2.15. The Balaban J connectivity index is 1.82. The van der Waals surface area contributed by atoms with E-state index in [1.165, 1.54) is 16.7 Å². The SMILES string of the molecule is COc1ccc(Br)c(CNc2ccc(C)c(C)c2)c1OCc1ccc(C)cc1. The molecule has 0 bridgehead atoms. The highest BCUT2D eigenvalue weighted by Crippen LogP contribution is 2.37. The normalized spacial score (nSPS) is 10.6. The zero-order valence-corrected chi connectivity index (χ0v) is 18.4. The fourth-order valence-electron chi connectivity index (χ4n) is 2.95. The van der Waals surface area contributed by atoms with Gasteiger partial charge in [-0.05, 0) is 61.7 Å². The minimum atomic E-state index is 0.490. The molecule has 3 nitrogen and oxygen atoms in total. The minimum Gasteiger partial charge on any atom is -0.493 e. The summed E-state index contributed by atoms with van der Waals surface area (Å²) in [6.07, 6.45) is 0. The van der Waals surface area contributed by atoms with Crippen molar-refractivity contribution < 1.29 is 9.47 Å². The zero-order chi connectivity index (χ0) is 20.1. The van der Waals surface area contributed by atoms with Gasteiger partial charge in [0.05, 0.1) is 7.11 Å². The van der Waals surface area contributed by atoms with Gasteiger partial charge in [0.2, 0.25) is 0 Å². The molecule has 0 fully saturated rings. The van der Waals surface area contributed by atoms with E-state index in [4.69, 9.17) is 9.47 Å². The maximum atomic E-state index is 6.20. The molecule has 3 aromatic rings. The molecule has 4 heteroatoms. The third-order valence-electron chi connectivity index (χ3n) is 4.87. The molecule has 0 amide bonds. The molecule has 0 aliphatic carbocycles. The van der Waals surface area contributed by atoms with Crippen LogP contribution in [-0.4, -0.2) is 7.11 Å². The van der Waals surface area contributed by atoms with Crippen molar-refractivity contribution in [3.63, 3.8) is 0 Å². The number of methoxy groups -OCH3 is 1. The summed E-state index contributed by atoms with van der Waals surface area (Å²) in [7, 11) is 1.67. The molecule has 0 aliphatic rings. The van der Waals surface area contributed by atoms with Gasteiger partial charge in [-0.15, -0.1) is 0 Å². The fraction of sp³-hybridized carbons (Fsp3) is 0.250. The second-order valence-corrected chi connectivity index (χ2v) is 7.84. The van der Waals surface area contributed by atoms with Crippen molar-refractivity contribution in [2.24, 2.45) is 0 Å². The van der Waals surface area contributed by atoms with E-state index >= 15 is 0 Å². The van der Waals surface area contributed by atoms with E-state index < -0.39 is 0 Å². The minimum absolute atomic E-state index is 0.490. The van der Waals surface area contributed by atoms with Crippen LogP contribution in [0.2, 0.25) is 0 Å². The number of halogens is 1. The maximum Gasteiger partial charge on any atom is 0.167 e. The van der Waals surface area contributed by atoms with Gasteiger partial charge >= 0.3 is 0 Å². The van der Waals surface area contributed by atoms with Crippen LogP contribution < -0.4 is 14.8 Å². The van der Waals surface area contributed by atoms with Gasteiger partial charge < -0.3 is 14.8 Å². The van der Waals surface area contributed by atoms with Crippen molar-refractivity contribution in [2.45, 2.75) is 33.9 Å². The van der Waals surface area contributed by atoms with Crippen molar-refractivity contribution in [1.29, 1.82) is 0 Å². The average molecular weight is 440 g/mol. The average Bonchev–Trinajstić information content (AvgIpc) is 2.69. The monoisotopic (exact) mass is 439 g/mol. The molecule has 0 heterocycles. The number of ether oxygens (including phenoxy) is 2. The van der Waals surface area contributed by atoms with E-state index in [2.05, 4.69) is 84.5 Å². The fourth-order valence-corrected chi connectivity index (χ4v) is 3.40. The topological polar surface area (TPSA) is 30.5 Å². The van der Waals surface area contributed by atoms with Crippen LogP contribution in [0.5, 0.6) is 11.5 Å². The number of anilines is 1. The first-order valence-corrected chi connectivity index (χ1v) is 10.1. The van der Waals surface area contributed by atoms with Crippen LogP contribution in [0.3, 0.4) is 0 Å². The van der Waals surface area contributed by atoms with E-state index in [0.717, 1.165) is 32.8 Å². The van der Waals surface area contributed by atoms with Gasteiger partial charge in [-0.3, -0.25) is 0 Å². The van der Waals surface area contributed by atoms with E-state index in [0.29, 0.717) is 13.2 Å². The molecule has 3 rings (SSSR count). The van der Waals surface area contributed by atoms with Crippen molar-refractivity contribution in [3.05, 3.63) is 86.9 Å². The quantitative estimate of drug-likeness (QED) is 0.451. The van der Waals surface area contributed by atoms with Crippen LogP contribution in [-0.2, 0) is 13.2 Å².